The van der Waals surface area contributed by atoms with E-state index in [0.717, 1.165) is 31.2 Å². The first-order chi connectivity index (χ1) is 10.0. The summed E-state index contributed by atoms with van der Waals surface area (Å²) in [6, 6.07) is 7.04. The lowest BCUT2D eigenvalue weighted by Crippen LogP contribution is -2.53. The maximum absolute atomic E-state index is 13.0. The van der Waals surface area contributed by atoms with E-state index in [1.807, 2.05) is 24.3 Å². The molecule has 2 aliphatic rings. The average molecular weight is 287 g/mol. The molecule has 1 saturated heterocycles. The minimum absolute atomic E-state index is 0.0516. The summed E-state index contributed by atoms with van der Waals surface area (Å²) in [5, 5.41) is 0. The molecule has 1 aromatic rings. The van der Waals surface area contributed by atoms with Gasteiger partial charge in [-0.25, -0.2) is 0 Å². The van der Waals surface area contributed by atoms with Gasteiger partial charge < -0.3 is 16.4 Å². The summed E-state index contributed by atoms with van der Waals surface area (Å²) >= 11 is 0. The van der Waals surface area contributed by atoms with Gasteiger partial charge in [0.2, 0.25) is 11.8 Å². The van der Waals surface area contributed by atoms with Crippen molar-refractivity contribution in [2.75, 3.05) is 12.3 Å². The first-order valence-corrected chi connectivity index (χ1v) is 7.51. The van der Waals surface area contributed by atoms with Gasteiger partial charge in [-0.15, -0.1) is 0 Å². The van der Waals surface area contributed by atoms with Crippen molar-refractivity contribution in [1.82, 2.24) is 4.90 Å². The molecule has 112 valence electrons. The summed E-state index contributed by atoms with van der Waals surface area (Å²) in [7, 11) is 0. The summed E-state index contributed by atoms with van der Waals surface area (Å²) in [4.78, 5) is 26.3. The number of hydrogen-bond acceptors (Lipinski definition) is 3. The monoisotopic (exact) mass is 287 g/mol. The number of rotatable bonds is 3. The second-order valence-electron chi connectivity index (χ2n) is 6.12. The van der Waals surface area contributed by atoms with E-state index < -0.39 is 17.4 Å². The smallest absolute Gasteiger partial charge is 0.240 e. The summed E-state index contributed by atoms with van der Waals surface area (Å²) in [6.45, 7) is 0.628. The Labute approximate surface area is 124 Å². The molecule has 2 fully saturated rings. The van der Waals surface area contributed by atoms with Gasteiger partial charge in [0.1, 0.15) is 6.04 Å². The van der Waals surface area contributed by atoms with Crippen LogP contribution in [0.5, 0.6) is 0 Å². The molecule has 1 heterocycles. The Kier molecular flexibility index (Phi) is 3.35. The second-order valence-corrected chi connectivity index (χ2v) is 6.12. The number of nitrogen functional groups attached to an aromatic ring is 1. The lowest BCUT2D eigenvalue weighted by atomic mass is 9.91. The average Bonchev–Trinajstić information content (AvgIpc) is 3.29. The van der Waals surface area contributed by atoms with Crippen LogP contribution in [0.3, 0.4) is 0 Å². The normalized spacial score (nSPS) is 23.6. The summed E-state index contributed by atoms with van der Waals surface area (Å²) < 4.78 is 0. The lowest BCUT2D eigenvalue weighted by Gasteiger charge is -2.36. The van der Waals surface area contributed by atoms with Crippen LogP contribution in [-0.2, 0) is 15.0 Å². The van der Waals surface area contributed by atoms with Crippen LogP contribution in [-0.4, -0.2) is 29.3 Å². The van der Waals surface area contributed by atoms with Gasteiger partial charge in [0.25, 0.3) is 0 Å². The van der Waals surface area contributed by atoms with Gasteiger partial charge in [-0.2, -0.15) is 0 Å². The van der Waals surface area contributed by atoms with Crippen molar-refractivity contribution in [1.29, 1.82) is 0 Å². The molecule has 1 aliphatic carbocycles. The highest BCUT2D eigenvalue weighted by Crippen LogP contribution is 2.50. The van der Waals surface area contributed by atoms with E-state index in [4.69, 9.17) is 11.5 Å². The minimum Gasteiger partial charge on any atom is -0.399 e. The predicted octanol–water partition coefficient (Wildman–Crippen LogP) is 1.17. The molecule has 0 spiro atoms. The van der Waals surface area contributed by atoms with Gasteiger partial charge in [0.05, 0.1) is 5.41 Å². The van der Waals surface area contributed by atoms with E-state index in [1.165, 1.54) is 0 Å². The highest BCUT2D eigenvalue weighted by atomic mass is 16.2. The largest absolute Gasteiger partial charge is 0.399 e. The van der Waals surface area contributed by atoms with E-state index in [0.29, 0.717) is 18.7 Å². The molecule has 2 amide bonds. The van der Waals surface area contributed by atoms with Crippen molar-refractivity contribution in [3.8, 4) is 0 Å². The standard InChI is InChI=1S/C16H21N3O2/c17-12-6-4-11(5-7-12)16(8-9-16)15(21)19-10-2-1-3-13(19)14(18)20/h4-7,13H,1-3,8-10,17H2,(H2,18,20). The molecule has 1 saturated carbocycles. The number of hydrogen-bond donors (Lipinski definition) is 2. The van der Waals surface area contributed by atoms with Gasteiger partial charge in [-0.1, -0.05) is 12.1 Å². The van der Waals surface area contributed by atoms with E-state index in [-0.39, 0.29) is 5.91 Å². The molecular formula is C16H21N3O2. The summed E-state index contributed by atoms with van der Waals surface area (Å²) in [5.41, 5.74) is 12.4. The molecule has 0 bridgehead atoms. The lowest BCUT2D eigenvalue weighted by molar-refractivity contribution is -0.143. The molecule has 5 nitrogen and oxygen atoms in total. The quantitative estimate of drug-likeness (QED) is 0.818. The molecule has 1 aromatic carbocycles. The Balaban J connectivity index is 1.86. The topological polar surface area (TPSA) is 89.4 Å². The fourth-order valence-electron chi connectivity index (χ4n) is 3.30. The third-order valence-corrected chi connectivity index (χ3v) is 4.71. The van der Waals surface area contributed by atoms with Gasteiger partial charge in [0, 0.05) is 12.2 Å². The highest BCUT2D eigenvalue weighted by Gasteiger charge is 2.54. The molecule has 0 aromatic heterocycles. The van der Waals surface area contributed by atoms with E-state index in [2.05, 4.69) is 0 Å². The van der Waals surface area contributed by atoms with Gasteiger partial charge >= 0.3 is 0 Å². The van der Waals surface area contributed by atoms with Crippen LogP contribution < -0.4 is 11.5 Å². The van der Waals surface area contributed by atoms with Crippen molar-refractivity contribution in [2.45, 2.75) is 43.6 Å². The van der Waals surface area contributed by atoms with Crippen LogP contribution in [0.25, 0.3) is 0 Å². The molecule has 1 aliphatic heterocycles. The number of carbonyl (C=O) groups is 2. The van der Waals surface area contributed by atoms with Crippen molar-refractivity contribution in [3.63, 3.8) is 0 Å². The molecule has 1 atom stereocenters. The van der Waals surface area contributed by atoms with Crippen LogP contribution in [0.1, 0.15) is 37.7 Å². The van der Waals surface area contributed by atoms with Gasteiger partial charge in [-0.05, 0) is 49.8 Å². The van der Waals surface area contributed by atoms with Crippen LogP contribution in [0.2, 0.25) is 0 Å². The Bertz CT molecular complexity index is 563. The summed E-state index contributed by atoms with van der Waals surface area (Å²) in [5.74, 6) is -0.341. The van der Waals surface area contributed by atoms with Gasteiger partial charge in [-0.3, -0.25) is 9.59 Å². The zero-order valence-corrected chi connectivity index (χ0v) is 12.0. The van der Waals surface area contributed by atoms with E-state index in [1.54, 1.807) is 4.90 Å². The fourth-order valence-corrected chi connectivity index (χ4v) is 3.30. The van der Waals surface area contributed by atoms with E-state index >= 15 is 0 Å². The number of carbonyl (C=O) groups excluding carboxylic acids is 2. The highest BCUT2D eigenvalue weighted by molar-refractivity contribution is 5.95. The Morgan fingerprint density at radius 1 is 1.14 bits per heavy atom. The number of amides is 2. The number of primary amides is 1. The van der Waals surface area contributed by atoms with Crippen LogP contribution >= 0.6 is 0 Å². The molecule has 4 N–H and O–H groups in total. The first-order valence-electron chi connectivity index (χ1n) is 7.51. The molecule has 21 heavy (non-hydrogen) atoms. The predicted molar refractivity (Wildman–Crippen MR) is 80.3 cm³/mol. The molecule has 0 radical (unpaired) electrons. The van der Waals surface area contributed by atoms with Crippen molar-refractivity contribution in [3.05, 3.63) is 29.8 Å². The van der Waals surface area contributed by atoms with Crippen LogP contribution in [0.4, 0.5) is 5.69 Å². The Hall–Kier alpha value is -2.04. The number of nitrogens with two attached hydrogens (primary N) is 2. The van der Waals surface area contributed by atoms with Crippen molar-refractivity contribution >= 4 is 17.5 Å². The van der Waals surface area contributed by atoms with Crippen molar-refractivity contribution in [2.24, 2.45) is 5.73 Å². The first kappa shape index (κ1) is 13.9. The third-order valence-electron chi connectivity index (χ3n) is 4.71. The fraction of sp³-hybridized carbons (Fsp3) is 0.500. The molecule has 5 heteroatoms. The Morgan fingerprint density at radius 3 is 2.38 bits per heavy atom. The summed E-state index contributed by atoms with van der Waals surface area (Å²) in [6.07, 6.45) is 4.23. The maximum atomic E-state index is 13.0. The van der Waals surface area contributed by atoms with Crippen molar-refractivity contribution < 1.29 is 9.59 Å². The number of nitrogens with zero attached hydrogens (tertiary/aromatic N) is 1. The number of benzene rings is 1. The molecule has 3 rings (SSSR count). The van der Waals surface area contributed by atoms with Crippen LogP contribution in [0.15, 0.2) is 24.3 Å². The second kappa shape index (κ2) is 5.06. The minimum atomic E-state index is -0.460. The molecule has 1 unspecified atom stereocenters. The third kappa shape index (κ3) is 2.37. The van der Waals surface area contributed by atoms with Gasteiger partial charge in [0.15, 0.2) is 0 Å². The zero-order chi connectivity index (χ0) is 15.0. The van der Waals surface area contributed by atoms with Crippen LogP contribution in [0, 0.1) is 0 Å². The molecular weight excluding hydrogens is 266 g/mol. The number of anilines is 1. The maximum Gasteiger partial charge on any atom is 0.240 e. The zero-order valence-electron chi connectivity index (χ0n) is 12.0. The number of likely N-dealkylation sites (tertiary alicyclic amines) is 1. The van der Waals surface area contributed by atoms with E-state index in [9.17, 15) is 9.59 Å². The number of piperidine rings is 1. The SMILES string of the molecule is NC(=O)C1CCCCN1C(=O)C1(c2ccc(N)cc2)CC1. The Morgan fingerprint density at radius 2 is 1.81 bits per heavy atom.